The van der Waals surface area contributed by atoms with Gasteiger partial charge in [0.05, 0.1) is 6.57 Å². The topological polar surface area (TPSA) is 41.7 Å². The van der Waals surface area contributed by atoms with Gasteiger partial charge in [0.2, 0.25) is 5.91 Å². The molecule has 1 aliphatic heterocycles. The molecule has 25 heavy (non-hydrogen) atoms. The summed E-state index contributed by atoms with van der Waals surface area (Å²) in [6.07, 6.45) is 1.46. The fourth-order valence-electron chi connectivity index (χ4n) is 3.27. The first-order valence-electron chi connectivity index (χ1n) is 8.46. The van der Waals surface area contributed by atoms with Crippen molar-refractivity contribution in [2.24, 2.45) is 5.92 Å². The van der Waals surface area contributed by atoms with Gasteiger partial charge in [0, 0.05) is 31.5 Å². The Kier molecular flexibility index (Phi) is 4.95. The Hall–Kier alpha value is -2.93. The highest BCUT2D eigenvalue weighted by Crippen LogP contribution is 2.26. The third-order valence-electron chi connectivity index (χ3n) is 4.79. The molecule has 0 bridgehead atoms. The molecule has 3 rings (SSSR count). The van der Waals surface area contributed by atoms with Gasteiger partial charge in [0.25, 0.3) is 0 Å². The van der Waals surface area contributed by atoms with E-state index in [0.717, 1.165) is 24.0 Å². The maximum atomic E-state index is 12.7. The third kappa shape index (κ3) is 3.77. The lowest BCUT2D eigenvalue weighted by Gasteiger charge is -2.30. The average molecular weight is 332 g/mol. The summed E-state index contributed by atoms with van der Waals surface area (Å²) in [6.45, 7) is 10.00. The lowest BCUT2D eigenvalue weighted by atomic mass is 9.88. The molecule has 126 valence electrons. The van der Waals surface area contributed by atoms with Crippen LogP contribution in [0.1, 0.15) is 30.1 Å². The zero-order valence-electron chi connectivity index (χ0n) is 14.2. The number of piperidine rings is 1. The molecule has 0 unspecified atom stereocenters. The smallest absolute Gasteiger partial charge is 0.219 e. The Bertz CT molecular complexity index is 826. The number of likely N-dealkylation sites (tertiary alicyclic amines) is 1. The maximum absolute atomic E-state index is 12.7. The van der Waals surface area contributed by atoms with Crippen molar-refractivity contribution in [3.63, 3.8) is 0 Å². The highest BCUT2D eigenvalue weighted by Gasteiger charge is 2.26. The second-order valence-electron chi connectivity index (χ2n) is 6.38. The summed E-state index contributed by atoms with van der Waals surface area (Å²) in [5.41, 5.74) is 3.29. The summed E-state index contributed by atoms with van der Waals surface area (Å²) in [6, 6.07) is 15.0. The predicted octanol–water partition coefficient (Wildman–Crippen LogP) is 4.35. The molecule has 0 saturated carbocycles. The molecule has 2 aromatic carbocycles. The van der Waals surface area contributed by atoms with Crippen molar-refractivity contribution in [1.29, 1.82) is 0 Å². The molecule has 0 spiro atoms. The van der Waals surface area contributed by atoms with E-state index in [1.165, 1.54) is 0 Å². The molecule has 4 heteroatoms. The molecular weight excluding hydrogens is 312 g/mol. The van der Waals surface area contributed by atoms with Crippen molar-refractivity contribution in [3.8, 4) is 11.1 Å². The van der Waals surface area contributed by atoms with Crippen LogP contribution in [0.3, 0.4) is 0 Å². The minimum Gasteiger partial charge on any atom is -0.343 e. The van der Waals surface area contributed by atoms with E-state index in [-0.39, 0.29) is 17.6 Å². The SMILES string of the molecule is [C-]#[N+]c1cccc(-c2ccc(C(=O)C3CCN(C(C)=O)CC3)cc2)c1. The summed E-state index contributed by atoms with van der Waals surface area (Å²) in [5, 5.41) is 0. The Balaban J connectivity index is 1.71. The molecule has 0 aromatic heterocycles. The second kappa shape index (κ2) is 7.31. The van der Waals surface area contributed by atoms with Crippen molar-refractivity contribution >= 4 is 17.4 Å². The predicted molar refractivity (Wildman–Crippen MR) is 97.4 cm³/mol. The number of nitrogens with zero attached hydrogens (tertiary/aromatic N) is 2. The standard InChI is InChI=1S/C21H20N2O2/c1-15(24)23-12-10-18(11-13-23)21(25)17-8-6-16(7-9-17)19-4-3-5-20(14-19)22-2/h3-9,14,18H,10-13H2,1H3. The Morgan fingerprint density at radius 2 is 1.72 bits per heavy atom. The van der Waals surface area contributed by atoms with Gasteiger partial charge in [-0.15, -0.1) is 0 Å². The fraction of sp³-hybridized carbons (Fsp3) is 0.286. The van der Waals surface area contributed by atoms with Crippen molar-refractivity contribution in [1.82, 2.24) is 4.90 Å². The third-order valence-corrected chi connectivity index (χ3v) is 4.79. The highest BCUT2D eigenvalue weighted by molar-refractivity contribution is 5.98. The zero-order chi connectivity index (χ0) is 17.8. The van der Waals surface area contributed by atoms with Crippen LogP contribution in [0.5, 0.6) is 0 Å². The summed E-state index contributed by atoms with van der Waals surface area (Å²) in [4.78, 5) is 29.3. The van der Waals surface area contributed by atoms with Crippen molar-refractivity contribution < 1.29 is 9.59 Å². The molecular formula is C21H20N2O2. The highest BCUT2D eigenvalue weighted by atomic mass is 16.2. The number of Topliss-reactive ketones (excluding diaryl/α,β-unsaturated/α-hetero) is 1. The Morgan fingerprint density at radius 1 is 1.04 bits per heavy atom. The number of ketones is 1. The molecule has 1 aliphatic rings. The molecule has 4 nitrogen and oxygen atoms in total. The van der Waals surface area contributed by atoms with Crippen molar-refractivity contribution in [2.75, 3.05) is 13.1 Å². The van der Waals surface area contributed by atoms with E-state index in [0.29, 0.717) is 24.3 Å². The molecule has 1 amide bonds. The van der Waals surface area contributed by atoms with Gasteiger partial charge in [-0.2, -0.15) is 0 Å². The first-order chi connectivity index (χ1) is 12.1. The van der Waals surface area contributed by atoms with Gasteiger partial charge in [-0.25, -0.2) is 4.85 Å². The van der Waals surface area contributed by atoms with Crippen molar-refractivity contribution in [3.05, 3.63) is 65.5 Å². The van der Waals surface area contributed by atoms with E-state index in [9.17, 15) is 9.59 Å². The second-order valence-corrected chi connectivity index (χ2v) is 6.38. The molecule has 0 atom stereocenters. The van der Waals surface area contributed by atoms with E-state index >= 15 is 0 Å². The van der Waals surface area contributed by atoms with Crippen LogP contribution in [-0.2, 0) is 4.79 Å². The summed E-state index contributed by atoms with van der Waals surface area (Å²) >= 11 is 0. The van der Waals surface area contributed by atoms with Gasteiger partial charge in [-0.3, -0.25) is 9.59 Å². The molecule has 1 saturated heterocycles. The largest absolute Gasteiger partial charge is 0.343 e. The number of hydrogen-bond donors (Lipinski definition) is 0. The summed E-state index contributed by atoms with van der Waals surface area (Å²) in [7, 11) is 0. The number of benzene rings is 2. The van der Waals surface area contributed by atoms with Gasteiger partial charge in [-0.05, 0) is 30.0 Å². The molecule has 1 heterocycles. The molecule has 2 aromatic rings. The van der Waals surface area contributed by atoms with Gasteiger partial charge < -0.3 is 4.90 Å². The Morgan fingerprint density at radius 3 is 2.32 bits per heavy atom. The van der Waals surface area contributed by atoms with E-state index < -0.39 is 0 Å². The summed E-state index contributed by atoms with van der Waals surface area (Å²) < 4.78 is 0. The number of rotatable bonds is 3. The van der Waals surface area contributed by atoms with Crippen LogP contribution < -0.4 is 0 Å². The van der Waals surface area contributed by atoms with Gasteiger partial charge in [0.1, 0.15) is 0 Å². The monoisotopic (exact) mass is 332 g/mol. The van der Waals surface area contributed by atoms with E-state index in [1.54, 1.807) is 17.9 Å². The first-order valence-corrected chi connectivity index (χ1v) is 8.46. The molecule has 0 aliphatic carbocycles. The minimum absolute atomic E-state index is 0.00751. The normalized spacial score (nSPS) is 14.8. The number of carbonyl (C=O) groups is 2. The first kappa shape index (κ1) is 16.9. The van der Waals surface area contributed by atoms with Crippen LogP contribution >= 0.6 is 0 Å². The van der Waals surface area contributed by atoms with Gasteiger partial charge >= 0.3 is 0 Å². The molecule has 1 fully saturated rings. The zero-order valence-corrected chi connectivity index (χ0v) is 14.2. The lowest BCUT2D eigenvalue weighted by Crippen LogP contribution is -2.39. The van der Waals surface area contributed by atoms with Gasteiger partial charge in [-0.1, -0.05) is 42.5 Å². The van der Waals surface area contributed by atoms with Crippen molar-refractivity contribution in [2.45, 2.75) is 19.8 Å². The van der Waals surface area contributed by atoms with Crippen LogP contribution in [0, 0.1) is 12.5 Å². The van der Waals surface area contributed by atoms with Crippen LogP contribution in [0.15, 0.2) is 48.5 Å². The number of hydrogen-bond acceptors (Lipinski definition) is 2. The van der Waals surface area contributed by atoms with Crippen LogP contribution in [0.2, 0.25) is 0 Å². The van der Waals surface area contributed by atoms with E-state index in [4.69, 9.17) is 6.57 Å². The van der Waals surface area contributed by atoms with Crippen LogP contribution in [-0.4, -0.2) is 29.7 Å². The van der Waals surface area contributed by atoms with Crippen LogP contribution in [0.25, 0.3) is 16.0 Å². The fourth-order valence-corrected chi connectivity index (χ4v) is 3.27. The minimum atomic E-state index is -0.00751. The molecule has 0 N–H and O–H groups in total. The average Bonchev–Trinajstić information content (AvgIpc) is 2.67. The quantitative estimate of drug-likeness (QED) is 0.619. The maximum Gasteiger partial charge on any atom is 0.219 e. The number of amides is 1. The lowest BCUT2D eigenvalue weighted by molar-refractivity contribution is -0.130. The molecule has 0 radical (unpaired) electrons. The Labute approximate surface area is 147 Å². The van der Waals surface area contributed by atoms with E-state index in [1.807, 2.05) is 42.5 Å². The van der Waals surface area contributed by atoms with Crippen LogP contribution in [0.4, 0.5) is 5.69 Å². The number of carbonyl (C=O) groups excluding carboxylic acids is 2. The van der Waals surface area contributed by atoms with Gasteiger partial charge in [0.15, 0.2) is 11.5 Å². The van der Waals surface area contributed by atoms with E-state index in [2.05, 4.69) is 4.85 Å². The summed E-state index contributed by atoms with van der Waals surface area (Å²) in [5.74, 6) is 0.230.